The molecule has 0 bridgehead atoms. The van der Waals surface area contributed by atoms with Gasteiger partial charge in [0.15, 0.2) is 16.7 Å². The molecule has 2 heterocycles. The van der Waals surface area contributed by atoms with Crippen molar-refractivity contribution in [1.29, 1.82) is 0 Å². The van der Waals surface area contributed by atoms with Gasteiger partial charge in [-0.25, -0.2) is 23.1 Å². The number of ether oxygens (including phenoxy) is 1. The maximum Gasteiger partial charge on any atom is 0.280 e. The SMILES string of the molecule is Cc1c(F)ccc(COc2nc(C)n(-c3cc(-c4nc(C(C)(C)O)ncc4F)ccc3Cl)c(=O)c2Cl)c1F. The highest BCUT2D eigenvalue weighted by Crippen LogP contribution is 2.31. The molecular formula is C26H21Cl2F3N4O3. The minimum atomic E-state index is -1.42. The molecule has 0 fully saturated rings. The Balaban J connectivity index is 1.75. The van der Waals surface area contributed by atoms with E-state index >= 15 is 0 Å². The number of rotatable bonds is 6. The molecule has 0 radical (unpaired) electrons. The molecule has 2 aromatic heterocycles. The van der Waals surface area contributed by atoms with E-state index in [9.17, 15) is 23.1 Å². The Bertz CT molecular complexity index is 1620. The van der Waals surface area contributed by atoms with E-state index in [0.717, 1.165) is 16.8 Å². The molecule has 0 saturated carbocycles. The van der Waals surface area contributed by atoms with Crippen LogP contribution in [0.4, 0.5) is 13.2 Å². The lowest BCUT2D eigenvalue weighted by atomic mass is 10.1. The lowest BCUT2D eigenvalue weighted by Crippen LogP contribution is -2.24. The van der Waals surface area contributed by atoms with Crippen LogP contribution < -0.4 is 10.3 Å². The third-order valence-corrected chi connectivity index (χ3v) is 6.32. The first kappa shape index (κ1) is 27.6. The van der Waals surface area contributed by atoms with Crippen molar-refractivity contribution in [2.75, 3.05) is 0 Å². The first-order chi connectivity index (χ1) is 17.8. The standard InChI is InChI=1S/C26H21Cl2F3N4O3/c1-12-17(29)8-6-15(21(12)31)11-38-23-20(28)24(36)35(13(2)33-23)19-9-14(5-7-16(19)27)22-18(30)10-32-25(34-22)26(3,4)37/h5-10,37H,11H2,1-4H3. The van der Waals surface area contributed by atoms with Gasteiger partial charge < -0.3 is 9.84 Å². The molecular weight excluding hydrogens is 544 g/mol. The molecule has 0 aliphatic rings. The van der Waals surface area contributed by atoms with Crippen LogP contribution in [0.5, 0.6) is 5.88 Å². The fraction of sp³-hybridized carbons (Fsp3) is 0.231. The molecule has 0 saturated heterocycles. The van der Waals surface area contributed by atoms with Gasteiger partial charge >= 0.3 is 0 Å². The predicted molar refractivity (Wildman–Crippen MR) is 136 cm³/mol. The molecule has 4 aromatic rings. The van der Waals surface area contributed by atoms with Crippen molar-refractivity contribution in [3.63, 3.8) is 0 Å². The number of aliphatic hydroxyl groups is 1. The van der Waals surface area contributed by atoms with Crippen molar-refractivity contribution in [2.24, 2.45) is 0 Å². The highest BCUT2D eigenvalue weighted by Gasteiger charge is 2.23. The van der Waals surface area contributed by atoms with Gasteiger partial charge in [-0.05, 0) is 52.0 Å². The quantitative estimate of drug-likeness (QED) is 0.316. The summed E-state index contributed by atoms with van der Waals surface area (Å²) in [5.41, 5.74) is -2.01. The summed E-state index contributed by atoms with van der Waals surface area (Å²) in [6, 6.07) is 6.69. The second kappa shape index (κ2) is 10.4. The number of aryl methyl sites for hydroxylation is 1. The van der Waals surface area contributed by atoms with Gasteiger partial charge in [0, 0.05) is 16.7 Å². The summed E-state index contributed by atoms with van der Waals surface area (Å²) in [7, 11) is 0. The van der Waals surface area contributed by atoms with Crippen LogP contribution in [0.3, 0.4) is 0 Å². The molecule has 0 aliphatic heterocycles. The monoisotopic (exact) mass is 564 g/mol. The second-order valence-corrected chi connectivity index (χ2v) is 9.75. The van der Waals surface area contributed by atoms with E-state index < -0.39 is 33.6 Å². The molecule has 12 heteroatoms. The zero-order chi connectivity index (χ0) is 27.9. The fourth-order valence-corrected chi connectivity index (χ4v) is 4.02. The summed E-state index contributed by atoms with van der Waals surface area (Å²) in [6.07, 6.45) is 0.942. The average molecular weight is 565 g/mol. The second-order valence-electron chi connectivity index (χ2n) is 8.97. The van der Waals surface area contributed by atoms with E-state index in [-0.39, 0.29) is 57.2 Å². The summed E-state index contributed by atoms with van der Waals surface area (Å²) in [6.45, 7) is 5.36. The highest BCUT2D eigenvalue weighted by molar-refractivity contribution is 6.33. The third-order valence-electron chi connectivity index (χ3n) is 5.68. The van der Waals surface area contributed by atoms with Crippen LogP contribution >= 0.6 is 23.2 Å². The lowest BCUT2D eigenvalue weighted by molar-refractivity contribution is 0.0686. The lowest BCUT2D eigenvalue weighted by Gasteiger charge is -2.17. The minimum absolute atomic E-state index is 0.00209. The summed E-state index contributed by atoms with van der Waals surface area (Å²) in [5.74, 6) is -2.37. The van der Waals surface area contributed by atoms with Gasteiger partial charge in [-0.1, -0.05) is 29.3 Å². The van der Waals surface area contributed by atoms with Crippen LogP contribution in [0.15, 0.2) is 41.3 Å². The first-order valence-electron chi connectivity index (χ1n) is 11.2. The Kier molecular flexibility index (Phi) is 7.51. The summed E-state index contributed by atoms with van der Waals surface area (Å²) < 4.78 is 49.2. The van der Waals surface area contributed by atoms with Gasteiger partial charge in [0.05, 0.1) is 16.9 Å². The summed E-state index contributed by atoms with van der Waals surface area (Å²) in [5, 5.41) is 9.95. The van der Waals surface area contributed by atoms with Crippen molar-refractivity contribution in [1.82, 2.24) is 19.5 Å². The topological polar surface area (TPSA) is 90.1 Å². The highest BCUT2D eigenvalue weighted by atomic mass is 35.5. The molecule has 0 atom stereocenters. The van der Waals surface area contributed by atoms with E-state index in [2.05, 4.69) is 15.0 Å². The zero-order valence-electron chi connectivity index (χ0n) is 20.6. The number of hydrogen-bond acceptors (Lipinski definition) is 6. The van der Waals surface area contributed by atoms with Crippen LogP contribution in [0.2, 0.25) is 10.0 Å². The molecule has 2 aromatic carbocycles. The molecule has 0 spiro atoms. The Morgan fingerprint density at radius 1 is 1.05 bits per heavy atom. The molecule has 0 unspecified atom stereocenters. The molecule has 4 rings (SSSR count). The number of hydrogen-bond donors (Lipinski definition) is 1. The number of halogens is 5. The molecule has 198 valence electrons. The van der Waals surface area contributed by atoms with Gasteiger partial charge in [0.2, 0.25) is 5.88 Å². The van der Waals surface area contributed by atoms with Crippen LogP contribution in [0.25, 0.3) is 16.9 Å². The number of nitrogens with zero attached hydrogens (tertiary/aromatic N) is 4. The third kappa shape index (κ3) is 5.24. The molecule has 0 amide bonds. The minimum Gasteiger partial charge on any atom is -0.471 e. The number of benzene rings is 2. The summed E-state index contributed by atoms with van der Waals surface area (Å²) in [4.78, 5) is 25.4. The van der Waals surface area contributed by atoms with Gasteiger partial charge in [-0.15, -0.1) is 0 Å². The molecule has 7 nitrogen and oxygen atoms in total. The first-order valence-corrected chi connectivity index (χ1v) is 12.0. The Morgan fingerprint density at radius 2 is 1.76 bits per heavy atom. The fourth-order valence-electron chi connectivity index (χ4n) is 3.63. The van der Waals surface area contributed by atoms with Gasteiger partial charge in [0.1, 0.15) is 35.4 Å². The van der Waals surface area contributed by atoms with Gasteiger partial charge in [-0.3, -0.25) is 9.36 Å². The van der Waals surface area contributed by atoms with Crippen LogP contribution in [0.1, 0.15) is 36.6 Å². The van der Waals surface area contributed by atoms with E-state index in [1.807, 2.05) is 0 Å². The molecule has 1 N–H and O–H groups in total. The van der Waals surface area contributed by atoms with Crippen molar-refractivity contribution >= 4 is 23.2 Å². The van der Waals surface area contributed by atoms with Crippen LogP contribution in [-0.4, -0.2) is 24.6 Å². The van der Waals surface area contributed by atoms with Gasteiger partial charge in [0.25, 0.3) is 5.56 Å². The smallest absolute Gasteiger partial charge is 0.280 e. The van der Waals surface area contributed by atoms with Crippen molar-refractivity contribution in [3.05, 3.63) is 97.2 Å². The van der Waals surface area contributed by atoms with E-state index in [1.54, 1.807) is 0 Å². The Labute approximate surface area is 225 Å². The van der Waals surface area contributed by atoms with E-state index in [0.29, 0.717) is 0 Å². The average Bonchev–Trinajstić information content (AvgIpc) is 2.85. The maximum atomic E-state index is 14.6. The zero-order valence-corrected chi connectivity index (χ0v) is 22.1. The summed E-state index contributed by atoms with van der Waals surface area (Å²) >= 11 is 12.6. The van der Waals surface area contributed by atoms with Crippen molar-refractivity contribution < 1.29 is 23.0 Å². The molecule has 0 aliphatic carbocycles. The van der Waals surface area contributed by atoms with E-state index in [4.69, 9.17) is 27.9 Å². The van der Waals surface area contributed by atoms with Crippen LogP contribution in [-0.2, 0) is 12.2 Å². The van der Waals surface area contributed by atoms with Crippen molar-refractivity contribution in [3.8, 4) is 22.8 Å². The maximum absolute atomic E-state index is 14.6. The Morgan fingerprint density at radius 3 is 2.45 bits per heavy atom. The normalized spacial score (nSPS) is 11.6. The Hall–Kier alpha value is -3.47. The predicted octanol–water partition coefficient (Wildman–Crippen LogP) is 5.84. The van der Waals surface area contributed by atoms with Crippen LogP contribution in [0, 0.1) is 31.3 Å². The number of aromatic nitrogens is 4. The largest absolute Gasteiger partial charge is 0.471 e. The molecule has 38 heavy (non-hydrogen) atoms. The van der Waals surface area contributed by atoms with Gasteiger partial charge in [-0.2, -0.15) is 4.98 Å². The van der Waals surface area contributed by atoms with Crippen molar-refractivity contribution in [2.45, 2.75) is 39.9 Å². The van der Waals surface area contributed by atoms with E-state index in [1.165, 1.54) is 52.0 Å².